The Morgan fingerprint density at radius 2 is 1.62 bits per heavy atom. The average molecular weight is 563 g/mol. The van der Waals surface area contributed by atoms with Gasteiger partial charge in [0.2, 0.25) is 0 Å². The minimum Gasteiger partial charge on any atom is -0.318 e. The molecule has 39 heavy (non-hydrogen) atoms. The van der Waals surface area contributed by atoms with Gasteiger partial charge in [0.1, 0.15) is 6.54 Å². The molecule has 0 aliphatic heterocycles. The highest BCUT2D eigenvalue weighted by Crippen LogP contribution is 2.30. The van der Waals surface area contributed by atoms with Crippen molar-refractivity contribution in [1.29, 1.82) is 0 Å². The summed E-state index contributed by atoms with van der Waals surface area (Å²) in [6.07, 6.45) is 1.57. The number of halogens is 1. The van der Waals surface area contributed by atoms with E-state index in [1.54, 1.807) is 49.5 Å². The van der Waals surface area contributed by atoms with Crippen LogP contribution in [0.2, 0.25) is 5.02 Å². The number of carbonyl (C=O) groups is 1. The summed E-state index contributed by atoms with van der Waals surface area (Å²) in [4.78, 5) is 13.0. The van der Waals surface area contributed by atoms with Crippen LogP contribution in [-0.2, 0) is 14.8 Å². The van der Waals surface area contributed by atoms with E-state index in [0.717, 1.165) is 26.9 Å². The molecule has 1 aromatic heterocycles. The first-order chi connectivity index (χ1) is 18.5. The van der Waals surface area contributed by atoms with Gasteiger partial charge in [-0.3, -0.25) is 9.10 Å². The Labute approximate surface area is 234 Å². The summed E-state index contributed by atoms with van der Waals surface area (Å²) in [7, 11) is -4.05. The Hall–Kier alpha value is -3.88. The predicted molar refractivity (Wildman–Crippen MR) is 158 cm³/mol. The van der Waals surface area contributed by atoms with Gasteiger partial charge in [-0.05, 0) is 93.8 Å². The molecule has 0 radical (unpaired) electrons. The van der Waals surface area contributed by atoms with Gasteiger partial charge in [-0.25, -0.2) is 13.8 Å². The molecule has 1 heterocycles. The van der Waals surface area contributed by atoms with Crippen LogP contribution in [-0.4, -0.2) is 31.7 Å². The van der Waals surface area contributed by atoms with E-state index in [0.29, 0.717) is 16.3 Å². The molecule has 0 unspecified atom stereocenters. The van der Waals surface area contributed by atoms with E-state index < -0.39 is 22.5 Å². The lowest BCUT2D eigenvalue weighted by Crippen LogP contribution is -2.40. The van der Waals surface area contributed by atoms with Crippen LogP contribution in [0, 0.1) is 34.6 Å². The number of nitrogens with one attached hydrogen (secondary N) is 1. The fourth-order valence-corrected chi connectivity index (χ4v) is 6.29. The minimum absolute atomic E-state index is 0.0690. The van der Waals surface area contributed by atoms with Crippen molar-refractivity contribution < 1.29 is 13.2 Å². The lowest BCUT2D eigenvalue weighted by Gasteiger charge is -2.25. The summed E-state index contributed by atoms with van der Waals surface area (Å²) >= 11 is 6.29. The Morgan fingerprint density at radius 1 is 0.949 bits per heavy atom. The van der Waals surface area contributed by atoms with Crippen LogP contribution < -0.4 is 9.73 Å². The number of sulfonamides is 1. The fraction of sp³-hybridized carbons (Fsp3) is 0.200. The number of anilines is 1. The summed E-state index contributed by atoms with van der Waals surface area (Å²) in [5.74, 6) is -0.590. The molecule has 0 atom stereocenters. The molecule has 0 bridgehead atoms. The second-order valence-electron chi connectivity index (χ2n) is 9.51. The first-order valence-electron chi connectivity index (χ1n) is 12.4. The van der Waals surface area contributed by atoms with Gasteiger partial charge in [-0.15, -0.1) is 0 Å². The number of aromatic nitrogens is 1. The smallest absolute Gasteiger partial charge is 0.264 e. The lowest BCUT2D eigenvalue weighted by molar-refractivity contribution is -0.119. The minimum atomic E-state index is -4.05. The lowest BCUT2D eigenvalue weighted by atomic mass is 10.1. The van der Waals surface area contributed by atoms with Gasteiger partial charge in [0, 0.05) is 27.7 Å². The van der Waals surface area contributed by atoms with Gasteiger partial charge in [0.05, 0.1) is 16.8 Å². The quantitative estimate of drug-likeness (QED) is 0.210. The predicted octanol–water partition coefficient (Wildman–Crippen LogP) is 6.02. The second kappa shape index (κ2) is 11.5. The highest BCUT2D eigenvalue weighted by Gasteiger charge is 2.28. The molecule has 0 aliphatic rings. The monoisotopic (exact) mass is 562 g/mol. The summed E-state index contributed by atoms with van der Waals surface area (Å²) < 4.78 is 30.3. The van der Waals surface area contributed by atoms with E-state index in [1.165, 1.54) is 23.3 Å². The molecule has 0 aliphatic carbocycles. The highest BCUT2D eigenvalue weighted by molar-refractivity contribution is 7.92. The van der Waals surface area contributed by atoms with E-state index in [4.69, 9.17) is 11.6 Å². The van der Waals surface area contributed by atoms with Crippen molar-refractivity contribution in [1.82, 2.24) is 9.99 Å². The van der Waals surface area contributed by atoms with Gasteiger partial charge in [-0.2, -0.15) is 5.10 Å². The highest BCUT2D eigenvalue weighted by atomic mass is 35.5. The molecule has 0 spiro atoms. The molecule has 1 N–H and O–H groups in total. The number of aryl methyl sites for hydroxylation is 3. The van der Waals surface area contributed by atoms with E-state index in [1.807, 2.05) is 19.9 Å². The number of carbonyl (C=O) groups excluding carboxylic acids is 1. The largest absolute Gasteiger partial charge is 0.318 e. The average Bonchev–Trinajstić information content (AvgIpc) is 3.17. The van der Waals surface area contributed by atoms with Crippen molar-refractivity contribution in [2.75, 3.05) is 10.8 Å². The van der Waals surface area contributed by atoms with Crippen LogP contribution in [0.3, 0.4) is 0 Å². The Morgan fingerprint density at radius 3 is 2.28 bits per heavy atom. The van der Waals surface area contributed by atoms with E-state index >= 15 is 0 Å². The van der Waals surface area contributed by atoms with E-state index in [-0.39, 0.29) is 4.90 Å². The molecule has 202 valence electrons. The third kappa shape index (κ3) is 6.08. The molecule has 4 rings (SSSR count). The zero-order valence-corrected chi connectivity index (χ0v) is 24.1. The third-order valence-corrected chi connectivity index (χ3v) is 8.64. The summed E-state index contributed by atoms with van der Waals surface area (Å²) in [5, 5.41) is 4.54. The Bertz CT molecular complexity index is 1640. The van der Waals surface area contributed by atoms with Crippen molar-refractivity contribution in [3.63, 3.8) is 0 Å². The van der Waals surface area contributed by atoms with Crippen LogP contribution in [0.1, 0.15) is 33.6 Å². The number of benzene rings is 3. The van der Waals surface area contributed by atoms with Crippen molar-refractivity contribution >= 4 is 39.4 Å². The Kier molecular flexibility index (Phi) is 8.28. The molecule has 4 aromatic rings. The first kappa shape index (κ1) is 28.1. The summed E-state index contributed by atoms with van der Waals surface area (Å²) in [6.45, 7) is 9.37. The fourth-order valence-electron chi connectivity index (χ4n) is 4.62. The molecule has 0 fully saturated rings. The summed E-state index contributed by atoms with van der Waals surface area (Å²) in [6, 6.07) is 21.3. The number of nitrogens with zero attached hydrogens (tertiary/aromatic N) is 3. The van der Waals surface area contributed by atoms with Crippen molar-refractivity contribution in [2.24, 2.45) is 5.10 Å². The van der Waals surface area contributed by atoms with Crippen molar-refractivity contribution in [3.8, 4) is 5.69 Å². The Balaban J connectivity index is 1.58. The van der Waals surface area contributed by atoms with Gasteiger partial charge in [0.25, 0.3) is 15.9 Å². The zero-order valence-electron chi connectivity index (χ0n) is 22.6. The number of hydrogen-bond acceptors (Lipinski definition) is 4. The van der Waals surface area contributed by atoms with E-state index in [9.17, 15) is 13.2 Å². The summed E-state index contributed by atoms with van der Waals surface area (Å²) in [5.41, 5.74) is 9.60. The van der Waals surface area contributed by atoms with Gasteiger partial charge >= 0.3 is 0 Å². The molecule has 7 nitrogen and oxygen atoms in total. The third-order valence-electron chi connectivity index (χ3n) is 6.45. The second-order valence-corrected chi connectivity index (χ2v) is 11.8. The standard InChI is InChI=1S/C30H31ClN4O3S/c1-20-14-21(2)16-26(15-20)35-22(3)17-25(24(35)5)18-32-33-30(36)19-34(29-13-9-12-28(31)23(29)4)39(37,38)27-10-7-6-8-11-27/h6-18H,19H2,1-5H3,(H,33,36)/b32-18+. The maximum atomic E-state index is 13.6. The van der Waals surface area contributed by atoms with E-state index in [2.05, 4.69) is 47.1 Å². The number of hydrogen-bond donors (Lipinski definition) is 1. The first-order valence-corrected chi connectivity index (χ1v) is 14.2. The number of hydrazone groups is 1. The molecule has 0 saturated carbocycles. The van der Waals surface area contributed by atoms with Gasteiger partial charge in [-0.1, -0.05) is 41.9 Å². The van der Waals surface area contributed by atoms with Crippen LogP contribution in [0.15, 0.2) is 82.8 Å². The maximum Gasteiger partial charge on any atom is 0.264 e. The molecule has 9 heteroatoms. The molecule has 0 saturated heterocycles. The van der Waals surface area contributed by atoms with Crippen LogP contribution in [0.25, 0.3) is 5.69 Å². The number of rotatable bonds is 8. The van der Waals surface area contributed by atoms with Gasteiger partial charge < -0.3 is 4.57 Å². The molecule has 1 amide bonds. The van der Waals surface area contributed by atoms with Crippen LogP contribution in [0.5, 0.6) is 0 Å². The molecular formula is C30H31ClN4O3S. The van der Waals surface area contributed by atoms with Gasteiger partial charge in [0.15, 0.2) is 0 Å². The molecule has 3 aromatic carbocycles. The normalized spacial score (nSPS) is 11.6. The van der Waals surface area contributed by atoms with Crippen LogP contribution >= 0.6 is 11.6 Å². The SMILES string of the molecule is Cc1cc(C)cc(-n2c(C)cc(/C=N/NC(=O)CN(c3cccc(Cl)c3C)S(=O)(=O)c3ccccc3)c2C)c1. The maximum absolute atomic E-state index is 13.6. The zero-order chi connectivity index (χ0) is 28.3. The van der Waals surface area contributed by atoms with Crippen molar-refractivity contribution in [2.45, 2.75) is 39.5 Å². The number of amides is 1. The van der Waals surface area contributed by atoms with Crippen molar-refractivity contribution in [3.05, 3.63) is 111 Å². The molecular weight excluding hydrogens is 532 g/mol. The topological polar surface area (TPSA) is 83.8 Å². The van der Waals surface area contributed by atoms with Crippen LogP contribution in [0.4, 0.5) is 5.69 Å².